The molecule has 0 atom stereocenters. The van der Waals surface area contributed by atoms with E-state index in [4.69, 9.17) is 9.54 Å². The van der Waals surface area contributed by atoms with E-state index in [0.717, 1.165) is 33.2 Å². The number of benzene rings is 3. The lowest BCUT2D eigenvalue weighted by Crippen LogP contribution is -2.14. The molecule has 4 N–H and O–H groups in total. The van der Waals surface area contributed by atoms with E-state index in [2.05, 4.69) is 10.6 Å². The van der Waals surface area contributed by atoms with E-state index in [9.17, 15) is 13.5 Å². The van der Waals surface area contributed by atoms with E-state index in [1.165, 1.54) is 0 Å². The molecule has 4 rings (SSSR count). The van der Waals surface area contributed by atoms with Crippen LogP contribution in [0.25, 0.3) is 21.8 Å². The third kappa shape index (κ3) is 4.51. The molecule has 0 fully saturated rings. The molecule has 1 heterocycles. The molecule has 154 valence electrons. The zero-order chi connectivity index (χ0) is 21.1. The Morgan fingerprint density at radius 1 is 0.867 bits per heavy atom. The van der Waals surface area contributed by atoms with Crippen LogP contribution in [0, 0.1) is 0 Å². The van der Waals surface area contributed by atoms with E-state index in [-0.39, 0.29) is 13.2 Å². The Labute approximate surface area is 174 Å². The topological polar surface area (TPSA) is 112 Å². The summed E-state index contributed by atoms with van der Waals surface area (Å²) in [7, 11) is -4.05. The van der Waals surface area contributed by atoms with Crippen LogP contribution in [0.4, 0.5) is 17.1 Å². The summed E-state index contributed by atoms with van der Waals surface area (Å²) >= 11 is 0. The van der Waals surface area contributed by atoms with Gasteiger partial charge >= 0.3 is 0 Å². The second kappa shape index (κ2) is 8.27. The van der Waals surface area contributed by atoms with Crippen molar-refractivity contribution in [3.8, 4) is 0 Å². The summed E-state index contributed by atoms with van der Waals surface area (Å²) in [4.78, 5) is 4.72. The summed E-state index contributed by atoms with van der Waals surface area (Å²) in [5, 5.41) is 18.0. The Hall–Kier alpha value is -3.20. The molecule has 0 spiro atoms. The molecular formula is C22H21N3O4S. The highest BCUT2D eigenvalue weighted by atomic mass is 32.2. The molecule has 0 radical (unpaired) electrons. The number of para-hydroxylation sites is 2. The molecule has 0 amide bonds. The van der Waals surface area contributed by atoms with Gasteiger partial charge in [0, 0.05) is 28.7 Å². The summed E-state index contributed by atoms with van der Waals surface area (Å²) in [6.07, 6.45) is 0. The fourth-order valence-electron chi connectivity index (χ4n) is 3.40. The van der Waals surface area contributed by atoms with Gasteiger partial charge in [0.25, 0.3) is 10.1 Å². The number of anilines is 3. The van der Waals surface area contributed by atoms with Crippen LogP contribution in [0.3, 0.4) is 0 Å². The molecular weight excluding hydrogens is 402 g/mol. The number of nitrogens with zero attached hydrogens (tertiary/aromatic N) is 1. The zero-order valence-electron chi connectivity index (χ0n) is 16.0. The predicted octanol–water partition coefficient (Wildman–Crippen LogP) is 3.92. The molecule has 7 nitrogen and oxygen atoms in total. The highest BCUT2D eigenvalue weighted by Gasteiger charge is 2.10. The largest absolute Gasteiger partial charge is 0.392 e. The van der Waals surface area contributed by atoms with Crippen molar-refractivity contribution in [3.05, 3.63) is 72.3 Å². The number of aliphatic hydroxyl groups excluding tert-OH is 1. The van der Waals surface area contributed by atoms with Crippen LogP contribution >= 0.6 is 0 Å². The summed E-state index contributed by atoms with van der Waals surface area (Å²) in [6, 6.07) is 21.1. The molecule has 1 aromatic heterocycles. The van der Waals surface area contributed by atoms with Crippen molar-refractivity contribution in [3.63, 3.8) is 0 Å². The number of hydrogen-bond donors (Lipinski definition) is 4. The fraction of sp³-hybridized carbons (Fsp3) is 0.136. The quantitative estimate of drug-likeness (QED) is 0.263. The Morgan fingerprint density at radius 3 is 2.07 bits per heavy atom. The first kappa shape index (κ1) is 20.1. The first-order valence-corrected chi connectivity index (χ1v) is 11.0. The number of aromatic nitrogens is 1. The van der Waals surface area contributed by atoms with E-state index in [1.54, 1.807) is 6.07 Å². The normalized spacial score (nSPS) is 11.7. The SMILES string of the molecule is O=S(=O)(O)CCNc1cc(CO)cc(Nc2c3ccccc3nc3ccccc23)c1. The maximum atomic E-state index is 11.0. The number of hydrogen-bond acceptors (Lipinski definition) is 6. The van der Waals surface area contributed by atoms with Gasteiger partial charge in [-0.1, -0.05) is 36.4 Å². The van der Waals surface area contributed by atoms with Crippen LogP contribution in [0.15, 0.2) is 66.7 Å². The van der Waals surface area contributed by atoms with Gasteiger partial charge in [0.15, 0.2) is 0 Å². The standard InChI is InChI=1S/C22H21N3O4S/c26-14-15-11-16(23-9-10-30(27,28)29)13-17(12-15)24-22-18-5-1-3-7-20(18)25-21-8-4-2-6-19(21)22/h1-8,11-13,23,26H,9-10,14H2,(H,24,25)(H,27,28,29). The minimum absolute atomic E-state index is 0.0499. The lowest BCUT2D eigenvalue weighted by Gasteiger charge is -2.16. The van der Waals surface area contributed by atoms with Crippen molar-refractivity contribution in [2.75, 3.05) is 22.9 Å². The van der Waals surface area contributed by atoms with Gasteiger partial charge in [-0.05, 0) is 35.9 Å². The molecule has 0 saturated heterocycles. The maximum absolute atomic E-state index is 11.0. The number of rotatable bonds is 7. The lowest BCUT2D eigenvalue weighted by molar-refractivity contribution is 0.282. The molecule has 0 aliphatic rings. The van der Waals surface area contributed by atoms with Crippen LogP contribution < -0.4 is 10.6 Å². The minimum atomic E-state index is -4.05. The average Bonchev–Trinajstić information content (AvgIpc) is 2.72. The second-order valence-electron chi connectivity index (χ2n) is 6.94. The van der Waals surface area contributed by atoms with Gasteiger partial charge in [-0.2, -0.15) is 8.42 Å². The number of nitrogens with one attached hydrogen (secondary N) is 2. The number of fused-ring (bicyclic) bond motifs is 2. The van der Waals surface area contributed by atoms with Crippen molar-refractivity contribution in [1.82, 2.24) is 4.98 Å². The van der Waals surface area contributed by atoms with Crippen molar-refractivity contribution in [2.24, 2.45) is 0 Å². The summed E-state index contributed by atoms with van der Waals surface area (Å²) < 4.78 is 30.8. The Balaban J connectivity index is 1.74. The zero-order valence-corrected chi connectivity index (χ0v) is 16.9. The van der Waals surface area contributed by atoms with Gasteiger partial charge in [0.2, 0.25) is 0 Å². The van der Waals surface area contributed by atoms with E-state index < -0.39 is 15.9 Å². The van der Waals surface area contributed by atoms with Crippen LogP contribution in [0.2, 0.25) is 0 Å². The molecule has 3 aromatic carbocycles. The van der Waals surface area contributed by atoms with Crippen molar-refractivity contribution in [1.29, 1.82) is 0 Å². The second-order valence-corrected chi connectivity index (χ2v) is 8.51. The highest BCUT2D eigenvalue weighted by Crippen LogP contribution is 2.34. The van der Waals surface area contributed by atoms with Gasteiger partial charge < -0.3 is 15.7 Å². The Morgan fingerprint density at radius 2 is 1.47 bits per heavy atom. The Bertz CT molecular complexity index is 1270. The molecule has 0 saturated carbocycles. The molecule has 0 bridgehead atoms. The average molecular weight is 423 g/mol. The molecule has 0 aliphatic heterocycles. The lowest BCUT2D eigenvalue weighted by atomic mass is 10.1. The van der Waals surface area contributed by atoms with E-state index in [1.807, 2.05) is 60.7 Å². The number of pyridine rings is 1. The van der Waals surface area contributed by atoms with Crippen LogP contribution in [0.1, 0.15) is 5.56 Å². The number of aliphatic hydroxyl groups is 1. The maximum Gasteiger partial charge on any atom is 0.266 e. The van der Waals surface area contributed by atoms with Crippen molar-refractivity contribution in [2.45, 2.75) is 6.61 Å². The predicted molar refractivity (Wildman–Crippen MR) is 120 cm³/mol. The molecule has 8 heteroatoms. The smallest absolute Gasteiger partial charge is 0.266 e. The first-order chi connectivity index (χ1) is 14.4. The van der Waals surface area contributed by atoms with Gasteiger partial charge in [-0.3, -0.25) is 4.55 Å². The molecule has 4 aromatic rings. The highest BCUT2D eigenvalue weighted by molar-refractivity contribution is 7.85. The summed E-state index contributed by atoms with van der Waals surface area (Å²) in [6.45, 7) is -0.116. The van der Waals surface area contributed by atoms with Gasteiger partial charge in [0.1, 0.15) is 0 Å². The molecule has 0 unspecified atom stereocenters. The van der Waals surface area contributed by atoms with Crippen molar-refractivity contribution >= 4 is 49.0 Å². The van der Waals surface area contributed by atoms with Crippen molar-refractivity contribution < 1.29 is 18.1 Å². The Kier molecular flexibility index (Phi) is 5.54. The van der Waals surface area contributed by atoms with Gasteiger partial charge in [0.05, 0.1) is 29.1 Å². The molecule has 30 heavy (non-hydrogen) atoms. The van der Waals surface area contributed by atoms with Crippen LogP contribution in [-0.4, -0.2) is 35.4 Å². The minimum Gasteiger partial charge on any atom is -0.392 e. The van der Waals surface area contributed by atoms with E-state index >= 15 is 0 Å². The summed E-state index contributed by atoms with van der Waals surface area (Å²) in [5.41, 5.74) is 4.66. The third-order valence-corrected chi connectivity index (χ3v) is 5.44. The first-order valence-electron chi connectivity index (χ1n) is 9.41. The van der Waals surface area contributed by atoms with Crippen LogP contribution in [-0.2, 0) is 16.7 Å². The van der Waals surface area contributed by atoms with E-state index in [0.29, 0.717) is 11.3 Å². The van der Waals surface area contributed by atoms with Gasteiger partial charge in [-0.25, -0.2) is 4.98 Å². The monoisotopic (exact) mass is 423 g/mol. The fourth-order valence-corrected chi connectivity index (χ4v) is 3.76. The molecule has 0 aliphatic carbocycles. The van der Waals surface area contributed by atoms with Crippen LogP contribution in [0.5, 0.6) is 0 Å². The summed E-state index contributed by atoms with van der Waals surface area (Å²) in [5.74, 6) is -0.404. The van der Waals surface area contributed by atoms with Gasteiger partial charge in [-0.15, -0.1) is 0 Å². The third-order valence-electron chi connectivity index (χ3n) is 4.72.